The summed E-state index contributed by atoms with van der Waals surface area (Å²) in [5.41, 5.74) is 0.595. The zero-order valence-electron chi connectivity index (χ0n) is 10.3. The summed E-state index contributed by atoms with van der Waals surface area (Å²) in [6.07, 6.45) is 0.188. The normalized spacial score (nSPS) is 10.6. The molecule has 0 spiro atoms. The van der Waals surface area contributed by atoms with Crippen LogP contribution in [0.4, 0.5) is 0 Å². The molecule has 0 aliphatic rings. The third kappa shape index (κ3) is 4.88. The lowest BCUT2D eigenvalue weighted by Gasteiger charge is -2.11. The Hall–Kier alpha value is -0.870. The van der Waals surface area contributed by atoms with Crippen LogP contribution in [0.25, 0.3) is 0 Å². The molecule has 0 heterocycles. The Kier molecular flexibility index (Phi) is 5.65. The highest BCUT2D eigenvalue weighted by atomic mass is 79.9. The summed E-state index contributed by atoms with van der Waals surface area (Å²) < 4.78 is 11.8. The average Bonchev–Trinajstić information content (AvgIpc) is 2.23. The second-order valence-corrected chi connectivity index (χ2v) is 4.88. The maximum Gasteiger partial charge on any atom is 0.163 e. The number of ketones is 1. The first kappa shape index (κ1) is 14.2. The summed E-state index contributed by atoms with van der Waals surface area (Å²) in [5, 5.41) is 0. The summed E-state index contributed by atoms with van der Waals surface area (Å²) in [6.45, 7) is 6.43. The van der Waals surface area contributed by atoms with Gasteiger partial charge in [0.05, 0.1) is 18.3 Å². The summed E-state index contributed by atoms with van der Waals surface area (Å²) in [6, 6.07) is 5.38. The van der Waals surface area contributed by atoms with Crippen molar-refractivity contribution >= 4 is 21.7 Å². The largest absolute Gasteiger partial charge is 0.490 e. The molecule has 0 N–H and O–H groups in total. The van der Waals surface area contributed by atoms with Gasteiger partial charge in [0.2, 0.25) is 0 Å². The molecule has 3 nitrogen and oxygen atoms in total. The molecule has 0 radical (unpaired) electrons. The van der Waals surface area contributed by atoms with Gasteiger partial charge in [0.1, 0.15) is 12.4 Å². The van der Waals surface area contributed by atoms with Crippen molar-refractivity contribution < 1.29 is 14.3 Å². The number of carbonyl (C=O) groups excluding carboxylic acids is 1. The van der Waals surface area contributed by atoms with Crippen molar-refractivity contribution in [2.45, 2.75) is 26.9 Å². The Balaban J connectivity index is 2.62. The summed E-state index contributed by atoms with van der Waals surface area (Å²) in [7, 11) is 0. The standard InChI is InChI=1S/C13H17BrO3/c1-9(2)16-6-7-17-13-8-11(14)4-5-12(13)10(3)15/h4-5,8-9H,6-7H2,1-3H3. The second kappa shape index (κ2) is 6.77. The molecule has 1 rings (SSSR count). The van der Waals surface area contributed by atoms with Crippen LogP contribution in [0.2, 0.25) is 0 Å². The van der Waals surface area contributed by atoms with Gasteiger partial charge in [-0.05, 0) is 39.0 Å². The van der Waals surface area contributed by atoms with Crippen LogP contribution < -0.4 is 4.74 Å². The van der Waals surface area contributed by atoms with E-state index in [1.807, 2.05) is 19.9 Å². The molecule has 0 aliphatic carbocycles. The van der Waals surface area contributed by atoms with Crippen molar-refractivity contribution in [1.82, 2.24) is 0 Å². The number of halogens is 1. The molecule has 0 aliphatic heterocycles. The molecule has 0 fully saturated rings. The Labute approximate surface area is 110 Å². The number of ether oxygens (including phenoxy) is 2. The maximum absolute atomic E-state index is 11.4. The maximum atomic E-state index is 11.4. The van der Waals surface area contributed by atoms with E-state index in [1.54, 1.807) is 12.1 Å². The molecule has 0 aromatic heterocycles. The van der Waals surface area contributed by atoms with Crippen LogP contribution in [0.5, 0.6) is 5.75 Å². The monoisotopic (exact) mass is 300 g/mol. The van der Waals surface area contributed by atoms with Gasteiger partial charge in [-0.2, -0.15) is 0 Å². The highest BCUT2D eigenvalue weighted by Crippen LogP contribution is 2.24. The van der Waals surface area contributed by atoms with Gasteiger partial charge in [0, 0.05) is 4.47 Å². The quantitative estimate of drug-likeness (QED) is 0.596. The van der Waals surface area contributed by atoms with Gasteiger partial charge in [-0.1, -0.05) is 15.9 Å². The van der Waals surface area contributed by atoms with Gasteiger partial charge in [-0.15, -0.1) is 0 Å². The van der Waals surface area contributed by atoms with Crippen LogP contribution in [0.1, 0.15) is 31.1 Å². The van der Waals surface area contributed by atoms with Crippen molar-refractivity contribution in [1.29, 1.82) is 0 Å². The van der Waals surface area contributed by atoms with Crippen molar-refractivity contribution in [3.8, 4) is 5.75 Å². The minimum absolute atomic E-state index is 0.00252. The molecule has 94 valence electrons. The summed E-state index contributed by atoms with van der Waals surface area (Å²) in [4.78, 5) is 11.4. The predicted octanol–water partition coefficient (Wildman–Crippen LogP) is 3.46. The SMILES string of the molecule is CC(=O)c1ccc(Br)cc1OCCOC(C)C. The molecular weight excluding hydrogens is 284 g/mol. The predicted molar refractivity (Wildman–Crippen MR) is 70.7 cm³/mol. The van der Waals surface area contributed by atoms with Crippen LogP contribution in [0.3, 0.4) is 0 Å². The Morgan fingerprint density at radius 1 is 1.35 bits per heavy atom. The number of rotatable bonds is 6. The van der Waals surface area contributed by atoms with E-state index in [-0.39, 0.29) is 11.9 Å². The van der Waals surface area contributed by atoms with Gasteiger partial charge in [0.25, 0.3) is 0 Å². The van der Waals surface area contributed by atoms with E-state index in [9.17, 15) is 4.79 Å². The zero-order chi connectivity index (χ0) is 12.8. The first-order chi connectivity index (χ1) is 8.00. The van der Waals surface area contributed by atoms with E-state index in [0.717, 1.165) is 4.47 Å². The number of hydrogen-bond donors (Lipinski definition) is 0. The molecular formula is C13H17BrO3. The van der Waals surface area contributed by atoms with Gasteiger partial charge < -0.3 is 9.47 Å². The van der Waals surface area contributed by atoms with Crippen molar-refractivity contribution in [3.05, 3.63) is 28.2 Å². The van der Waals surface area contributed by atoms with E-state index < -0.39 is 0 Å². The molecule has 0 saturated carbocycles. The van der Waals surface area contributed by atoms with Crippen molar-refractivity contribution in [3.63, 3.8) is 0 Å². The summed E-state index contributed by atoms with van der Waals surface area (Å²) >= 11 is 3.36. The second-order valence-electron chi connectivity index (χ2n) is 3.96. The topological polar surface area (TPSA) is 35.5 Å². The van der Waals surface area contributed by atoms with Crippen LogP contribution in [-0.4, -0.2) is 25.1 Å². The summed E-state index contributed by atoms with van der Waals surface area (Å²) in [5.74, 6) is 0.594. The molecule has 4 heteroatoms. The van der Waals surface area contributed by atoms with Crippen LogP contribution >= 0.6 is 15.9 Å². The van der Waals surface area contributed by atoms with E-state index in [2.05, 4.69) is 15.9 Å². The lowest BCUT2D eigenvalue weighted by Crippen LogP contribution is -2.12. The number of hydrogen-bond acceptors (Lipinski definition) is 3. The molecule has 17 heavy (non-hydrogen) atoms. The van der Waals surface area contributed by atoms with Crippen molar-refractivity contribution in [2.24, 2.45) is 0 Å². The van der Waals surface area contributed by atoms with Crippen LogP contribution in [0, 0.1) is 0 Å². The van der Waals surface area contributed by atoms with E-state index in [4.69, 9.17) is 9.47 Å². The fourth-order valence-corrected chi connectivity index (χ4v) is 1.68. The fourth-order valence-electron chi connectivity index (χ4n) is 1.34. The number of Topliss-reactive ketones (excluding diaryl/α,β-unsaturated/α-hetero) is 1. The van der Waals surface area contributed by atoms with Gasteiger partial charge in [0.15, 0.2) is 5.78 Å². The van der Waals surface area contributed by atoms with Gasteiger partial charge in [-0.25, -0.2) is 0 Å². The van der Waals surface area contributed by atoms with E-state index in [1.165, 1.54) is 6.92 Å². The average molecular weight is 301 g/mol. The molecule has 1 aromatic carbocycles. The first-order valence-electron chi connectivity index (χ1n) is 5.55. The first-order valence-corrected chi connectivity index (χ1v) is 6.35. The Morgan fingerprint density at radius 3 is 2.65 bits per heavy atom. The third-order valence-electron chi connectivity index (χ3n) is 2.12. The lowest BCUT2D eigenvalue weighted by molar-refractivity contribution is 0.0549. The van der Waals surface area contributed by atoms with Crippen LogP contribution in [0.15, 0.2) is 22.7 Å². The van der Waals surface area contributed by atoms with Crippen molar-refractivity contribution in [2.75, 3.05) is 13.2 Å². The van der Waals surface area contributed by atoms with Crippen LogP contribution in [-0.2, 0) is 4.74 Å². The molecule has 0 bridgehead atoms. The highest BCUT2D eigenvalue weighted by Gasteiger charge is 2.08. The molecule has 1 aromatic rings. The minimum Gasteiger partial charge on any atom is -0.490 e. The molecule has 0 unspecified atom stereocenters. The number of benzene rings is 1. The molecule has 0 saturated heterocycles. The lowest BCUT2D eigenvalue weighted by atomic mass is 10.1. The number of carbonyl (C=O) groups is 1. The molecule has 0 amide bonds. The highest BCUT2D eigenvalue weighted by molar-refractivity contribution is 9.10. The smallest absolute Gasteiger partial charge is 0.163 e. The van der Waals surface area contributed by atoms with Gasteiger partial charge in [-0.3, -0.25) is 4.79 Å². The van der Waals surface area contributed by atoms with E-state index >= 15 is 0 Å². The molecule has 0 atom stereocenters. The zero-order valence-corrected chi connectivity index (χ0v) is 11.9. The van der Waals surface area contributed by atoms with Gasteiger partial charge >= 0.3 is 0 Å². The Bertz CT molecular complexity index is 388. The minimum atomic E-state index is -0.00252. The third-order valence-corrected chi connectivity index (χ3v) is 2.61. The fraction of sp³-hybridized carbons (Fsp3) is 0.462. The Morgan fingerprint density at radius 2 is 2.06 bits per heavy atom. The van der Waals surface area contributed by atoms with E-state index in [0.29, 0.717) is 24.5 Å².